The van der Waals surface area contributed by atoms with Crippen LogP contribution in [0.1, 0.15) is 31.3 Å². The van der Waals surface area contributed by atoms with Crippen LogP contribution in [0.4, 0.5) is 5.69 Å². The van der Waals surface area contributed by atoms with E-state index < -0.39 is 0 Å². The number of aromatic nitrogens is 3. The molecule has 2 N–H and O–H groups in total. The van der Waals surface area contributed by atoms with Gasteiger partial charge >= 0.3 is 0 Å². The predicted octanol–water partition coefficient (Wildman–Crippen LogP) is 2.61. The van der Waals surface area contributed by atoms with Gasteiger partial charge in [0, 0.05) is 11.7 Å². The summed E-state index contributed by atoms with van der Waals surface area (Å²) < 4.78 is 2.02. The summed E-state index contributed by atoms with van der Waals surface area (Å²) in [5, 5.41) is 7.98. The minimum Gasteiger partial charge on any atom is -0.399 e. The number of benzene rings is 1. The van der Waals surface area contributed by atoms with Crippen molar-refractivity contribution in [3.05, 3.63) is 42.0 Å². The Labute approximate surface area is 101 Å². The number of nitrogens with zero attached hydrogens (tertiary/aromatic N) is 3. The topological polar surface area (TPSA) is 56.7 Å². The van der Waals surface area contributed by atoms with Gasteiger partial charge in [0.1, 0.15) is 6.33 Å². The summed E-state index contributed by atoms with van der Waals surface area (Å²) in [4.78, 5) is 0. The fourth-order valence-electron chi connectivity index (χ4n) is 1.60. The molecule has 4 nitrogen and oxygen atoms in total. The lowest BCUT2D eigenvalue weighted by atomic mass is 10.2. The molecule has 0 saturated heterocycles. The Kier molecular flexibility index (Phi) is 3.23. The van der Waals surface area contributed by atoms with Crippen molar-refractivity contribution in [1.29, 1.82) is 0 Å². The van der Waals surface area contributed by atoms with Gasteiger partial charge in [-0.05, 0) is 37.6 Å². The van der Waals surface area contributed by atoms with Gasteiger partial charge in [-0.2, -0.15) is 0 Å². The molecule has 1 heterocycles. The zero-order valence-corrected chi connectivity index (χ0v) is 10.0. The highest BCUT2D eigenvalue weighted by atomic mass is 15.3. The maximum atomic E-state index is 5.72. The van der Waals surface area contributed by atoms with Gasteiger partial charge < -0.3 is 10.3 Å². The fourth-order valence-corrected chi connectivity index (χ4v) is 1.60. The average molecular weight is 228 g/mol. The predicted molar refractivity (Wildman–Crippen MR) is 70.2 cm³/mol. The molecule has 4 heteroatoms. The standard InChI is InChI=1S/C13H16N4/c1-10(2)17-9-15-16-13(17)7-6-11-4-3-5-12(14)8-11/h3-10H,14H2,1-2H3/b7-6+. The first-order valence-electron chi connectivity index (χ1n) is 5.60. The Morgan fingerprint density at radius 1 is 1.29 bits per heavy atom. The lowest BCUT2D eigenvalue weighted by Gasteiger charge is -2.06. The second kappa shape index (κ2) is 4.82. The summed E-state index contributed by atoms with van der Waals surface area (Å²) in [6, 6.07) is 8.08. The van der Waals surface area contributed by atoms with E-state index in [9.17, 15) is 0 Å². The molecule has 0 aliphatic rings. The van der Waals surface area contributed by atoms with Crippen LogP contribution < -0.4 is 5.73 Å². The molecular formula is C13H16N4. The molecule has 0 unspecified atom stereocenters. The third-order valence-electron chi connectivity index (χ3n) is 2.49. The molecule has 17 heavy (non-hydrogen) atoms. The van der Waals surface area contributed by atoms with E-state index in [1.54, 1.807) is 6.33 Å². The molecule has 0 fully saturated rings. The Morgan fingerprint density at radius 3 is 2.82 bits per heavy atom. The van der Waals surface area contributed by atoms with Crippen LogP contribution in [-0.4, -0.2) is 14.8 Å². The minimum absolute atomic E-state index is 0.352. The zero-order chi connectivity index (χ0) is 12.3. The highest BCUT2D eigenvalue weighted by Gasteiger charge is 2.03. The van der Waals surface area contributed by atoms with Gasteiger partial charge in [-0.25, -0.2) is 0 Å². The van der Waals surface area contributed by atoms with Crippen molar-refractivity contribution in [2.45, 2.75) is 19.9 Å². The molecular weight excluding hydrogens is 212 g/mol. The second-order valence-corrected chi connectivity index (χ2v) is 4.19. The Balaban J connectivity index is 2.23. The fraction of sp³-hybridized carbons (Fsp3) is 0.231. The highest BCUT2D eigenvalue weighted by Crippen LogP contribution is 2.12. The van der Waals surface area contributed by atoms with Gasteiger partial charge in [0.25, 0.3) is 0 Å². The van der Waals surface area contributed by atoms with Crippen molar-refractivity contribution in [1.82, 2.24) is 14.8 Å². The normalized spacial score (nSPS) is 11.5. The van der Waals surface area contributed by atoms with E-state index in [4.69, 9.17) is 5.73 Å². The molecule has 0 amide bonds. The molecule has 0 spiro atoms. The van der Waals surface area contributed by atoms with E-state index in [0.717, 1.165) is 17.1 Å². The van der Waals surface area contributed by atoms with E-state index in [2.05, 4.69) is 24.0 Å². The van der Waals surface area contributed by atoms with Crippen LogP contribution in [0.2, 0.25) is 0 Å². The summed E-state index contributed by atoms with van der Waals surface area (Å²) >= 11 is 0. The first kappa shape index (κ1) is 11.4. The Bertz CT molecular complexity index is 526. The first-order valence-corrected chi connectivity index (χ1v) is 5.60. The molecule has 88 valence electrons. The smallest absolute Gasteiger partial charge is 0.156 e. The molecule has 1 aromatic heterocycles. The molecule has 0 atom stereocenters. The third-order valence-corrected chi connectivity index (χ3v) is 2.49. The largest absolute Gasteiger partial charge is 0.399 e. The number of nitrogens with two attached hydrogens (primary N) is 1. The van der Waals surface area contributed by atoms with Gasteiger partial charge in [0.15, 0.2) is 5.82 Å². The van der Waals surface area contributed by atoms with Crippen LogP contribution >= 0.6 is 0 Å². The van der Waals surface area contributed by atoms with Crippen molar-refractivity contribution in [2.24, 2.45) is 0 Å². The van der Waals surface area contributed by atoms with Crippen molar-refractivity contribution < 1.29 is 0 Å². The summed E-state index contributed by atoms with van der Waals surface area (Å²) in [6.07, 6.45) is 5.67. The van der Waals surface area contributed by atoms with Gasteiger partial charge in [-0.15, -0.1) is 10.2 Å². The van der Waals surface area contributed by atoms with Crippen LogP contribution in [0.25, 0.3) is 12.2 Å². The van der Waals surface area contributed by atoms with Crippen LogP contribution in [0, 0.1) is 0 Å². The average Bonchev–Trinajstić information content (AvgIpc) is 2.74. The van der Waals surface area contributed by atoms with Crippen molar-refractivity contribution >= 4 is 17.8 Å². The van der Waals surface area contributed by atoms with E-state index in [-0.39, 0.29) is 0 Å². The summed E-state index contributed by atoms with van der Waals surface area (Å²) in [5.41, 5.74) is 7.54. The van der Waals surface area contributed by atoms with Crippen LogP contribution in [0.5, 0.6) is 0 Å². The Hall–Kier alpha value is -2.10. The van der Waals surface area contributed by atoms with Crippen LogP contribution in [-0.2, 0) is 0 Å². The number of hydrogen-bond donors (Lipinski definition) is 1. The molecule has 0 bridgehead atoms. The lowest BCUT2D eigenvalue weighted by molar-refractivity contribution is 0.593. The van der Waals surface area contributed by atoms with Crippen LogP contribution in [0.3, 0.4) is 0 Å². The second-order valence-electron chi connectivity index (χ2n) is 4.19. The number of rotatable bonds is 3. The van der Waals surface area contributed by atoms with Crippen LogP contribution in [0.15, 0.2) is 30.6 Å². The number of anilines is 1. The van der Waals surface area contributed by atoms with Gasteiger partial charge in [-0.1, -0.05) is 18.2 Å². The minimum atomic E-state index is 0.352. The van der Waals surface area contributed by atoms with E-state index in [1.165, 1.54) is 0 Å². The summed E-state index contributed by atoms with van der Waals surface area (Å²) in [6.45, 7) is 4.20. The lowest BCUT2D eigenvalue weighted by Crippen LogP contribution is -2.01. The zero-order valence-electron chi connectivity index (χ0n) is 10.0. The molecule has 2 aromatic rings. The number of hydrogen-bond acceptors (Lipinski definition) is 3. The quantitative estimate of drug-likeness (QED) is 0.821. The molecule has 0 radical (unpaired) electrons. The third kappa shape index (κ3) is 2.72. The Morgan fingerprint density at radius 2 is 2.12 bits per heavy atom. The van der Waals surface area contributed by atoms with Crippen molar-refractivity contribution in [3.63, 3.8) is 0 Å². The van der Waals surface area contributed by atoms with Crippen molar-refractivity contribution in [3.8, 4) is 0 Å². The van der Waals surface area contributed by atoms with Gasteiger partial charge in [0.05, 0.1) is 0 Å². The summed E-state index contributed by atoms with van der Waals surface area (Å²) in [7, 11) is 0. The van der Waals surface area contributed by atoms with Gasteiger partial charge in [0.2, 0.25) is 0 Å². The van der Waals surface area contributed by atoms with Gasteiger partial charge in [-0.3, -0.25) is 0 Å². The molecule has 2 rings (SSSR count). The SMILES string of the molecule is CC(C)n1cnnc1/C=C/c1cccc(N)c1. The molecule has 1 aromatic carbocycles. The monoisotopic (exact) mass is 228 g/mol. The maximum Gasteiger partial charge on any atom is 0.156 e. The molecule has 0 saturated carbocycles. The highest BCUT2D eigenvalue weighted by molar-refractivity contribution is 5.68. The summed E-state index contributed by atoms with van der Waals surface area (Å²) in [5.74, 6) is 0.849. The molecule has 0 aliphatic carbocycles. The van der Waals surface area contributed by atoms with E-state index in [1.807, 2.05) is 41.0 Å². The van der Waals surface area contributed by atoms with Crippen molar-refractivity contribution in [2.75, 3.05) is 5.73 Å². The van der Waals surface area contributed by atoms with E-state index >= 15 is 0 Å². The molecule has 0 aliphatic heterocycles. The first-order chi connectivity index (χ1) is 8.16. The maximum absolute atomic E-state index is 5.72. The number of nitrogen functional groups attached to an aromatic ring is 1. The van der Waals surface area contributed by atoms with E-state index in [0.29, 0.717) is 6.04 Å².